The van der Waals surface area contributed by atoms with Crippen molar-refractivity contribution < 1.29 is 0 Å². The van der Waals surface area contributed by atoms with Gasteiger partial charge in [0.1, 0.15) is 0 Å². The van der Waals surface area contributed by atoms with Crippen LogP contribution < -0.4 is 5.32 Å². The molecule has 0 spiro atoms. The summed E-state index contributed by atoms with van der Waals surface area (Å²) in [6.45, 7) is 8.44. The van der Waals surface area contributed by atoms with Crippen LogP contribution in [0.5, 0.6) is 0 Å². The molecule has 1 aliphatic carbocycles. The topological polar surface area (TPSA) is 15.3 Å². The third-order valence-electron chi connectivity index (χ3n) is 4.65. The average molecular weight is 272 g/mol. The maximum absolute atomic E-state index is 3.67. The van der Waals surface area contributed by atoms with E-state index in [1.165, 1.54) is 50.9 Å². The van der Waals surface area contributed by atoms with Crippen molar-refractivity contribution in [2.24, 2.45) is 5.92 Å². The maximum Gasteiger partial charge on any atom is 0.0208 e. The molecule has 2 nitrogen and oxygen atoms in total. The fraction of sp³-hybridized carbons (Fsp3) is 0.667. The van der Waals surface area contributed by atoms with Gasteiger partial charge in [-0.25, -0.2) is 0 Å². The minimum atomic E-state index is 0.751. The molecule has 1 aliphatic heterocycles. The first kappa shape index (κ1) is 14.1. The van der Waals surface area contributed by atoms with Gasteiger partial charge >= 0.3 is 0 Å². The first-order chi connectivity index (χ1) is 9.83. The van der Waals surface area contributed by atoms with E-state index in [4.69, 9.17) is 0 Å². The van der Waals surface area contributed by atoms with Crippen molar-refractivity contribution in [1.82, 2.24) is 10.2 Å². The Morgan fingerprint density at radius 1 is 1.20 bits per heavy atom. The van der Waals surface area contributed by atoms with Gasteiger partial charge in [-0.2, -0.15) is 0 Å². The van der Waals surface area contributed by atoms with Crippen LogP contribution in [-0.4, -0.2) is 31.1 Å². The number of benzene rings is 1. The Balaban J connectivity index is 1.42. The van der Waals surface area contributed by atoms with Crippen LogP contribution in [0.15, 0.2) is 24.3 Å². The predicted octanol–water partition coefficient (Wildman–Crippen LogP) is 3.39. The molecule has 1 heterocycles. The zero-order valence-electron chi connectivity index (χ0n) is 12.8. The molecule has 0 radical (unpaired) electrons. The Bertz CT molecular complexity index is 419. The molecule has 1 N–H and O–H groups in total. The van der Waals surface area contributed by atoms with Crippen LogP contribution >= 0.6 is 0 Å². The van der Waals surface area contributed by atoms with Gasteiger partial charge < -0.3 is 10.2 Å². The highest BCUT2D eigenvalue weighted by atomic mass is 15.1. The van der Waals surface area contributed by atoms with Crippen molar-refractivity contribution in [2.45, 2.75) is 45.1 Å². The number of rotatable bonds is 7. The van der Waals surface area contributed by atoms with Crippen LogP contribution in [0.1, 0.15) is 49.7 Å². The molecule has 2 fully saturated rings. The molecular formula is C18H28N2. The highest BCUT2D eigenvalue weighted by molar-refractivity contribution is 5.33. The van der Waals surface area contributed by atoms with E-state index in [9.17, 15) is 0 Å². The van der Waals surface area contributed by atoms with E-state index in [-0.39, 0.29) is 0 Å². The molecule has 1 unspecified atom stereocenters. The van der Waals surface area contributed by atoms with Gasteiger partial charge in [0.15, 0.2) is 0 Å². The zero-order chi connectivity index (χ0) is 13.8. The molecule has 2 aliphatic rings. The van der Waals surface area contributed by atoms with Crippen LogP contribution in [0.25, 0.3) is 0 Å². The molecule has 0 aromatic heterocycles. The molecule has 1 aromatic carbocycles. The Morgan fingerprint density at radius 3 is 2.70 bits per heavy atom. The zero-order valence-corrected chi connectivity index (χ0v) is 12.8. The SMILES string of the molecule is CC(CNCc1ccccc1C1CC1)CN1CCCC1. The second-order valence-corrected chi connectivity index (χ2v) is 6.72. The summed E-state index contributed by atoms with van der Waals surface area (Å²) >= 11 is 0. The van der Waals surface area contributed by atoms with Gasteiger partial charge in [0.05, 0.1) is 0 Å². The van der Waals surface area contributed by atoms with E-state index in [1.54, 1.807) is 5.56 Å². The Kier molecular flexibility index (Phi) is 4.74. The molecule has 110 valence electrons. The van der Waals surface area contributed by atoms with E-state index in [1.807, 2.05) is 0 Å². The lowest BCUT2D eigenvalue weighted by Crippen LogP contribution is -2.31. The van der Waals surface area contributed by atoms with Crippen molar-refractivity contribution in [3.63, 3.8) is 0 Å². The van der Waals surface area contributed by atoms with E-state index >= 15 is 0 Å². The van der Waals surface area contributed by atoms with Gasteiger partial charge in [0, 0.05) is 13.1 Å². The molecule has 1 aromatic rings. The summed E-state index contributed by atoms with van der Waals surface area (Å²) in [5.41, 5.74) is 3.11. The molecule has 1 atom stereocenters. The molecule has 2 heteroatoms. The quantitative estimate of drug-likeness (QED) is 0.818. The Hall–Kier alpha value is -0.860. The number of likely N-dealkylation sites (tertiary alicyclic amines) is 1. The smallest absolute Gasteiger partial charge is 0.0208 e. The van der Waals surface area contributed by atoms with E-state index in [0.29, 0.717) is 0 Å². The lowest BCUT2D eigenvalue weighted by atomic mass is 10.0. The Labute approximate surface area is 123 Å². The summed E-state index contributed by atoms with van der Waals surface area (Å²) in [5, 5.41) is 3.67. The number of hydrogen-bond donors (Lipinski definition) is 1. The van der Waals surface area contributed by atoms with E-state index in [2.05, 4.69) is 41.4 Å². The number of nitrogens with zero attached hydrogens (tertiary/aromatic N) is 1. The second-order valence-electron chi connectivity index (χ2n) is 6.72. The minimum Gasteiger partial charge on any atom is -0.312 e. The third kappa shape index (κ3) is 3.83. The molecule has 1 saturated heterocycles. The predicted molar refractivity (Wildman–Crippen MR) is 85.0 cm³/mol. The fourth-order valence-corrected chi connectivity index (χ4v) is 3.41. The van der Waals surface area contributed by atoms with Crippen LogP contribution in [0.2, 0.25) is 0 Å². The lowest BCUT2D eigenvalue weighted by molar-refractivity contribution is 0.282. The second kappa shape index (κ2) is 6.73. The summed E-state index contributed by atoms with van der Waals surface area (Å²) in [5.74, 6) is 1.61. The van der Waals surface area contributed by atoms with Crippen LogP contribution in [0.4, 0.5) is 0 Å². The van der Waals surface area contributed by atoms with Crippen LogP contribution in [0, 0.1) is 5.92 Å². The first-order valence-electron chi connectivity index (χ1n) is 8.34. The van der Waals surface area contributed by atoms with Crippen LogP contribution in [0.3, 0.4) is 0 Å². The molecule has 0 amide bonds. The van der Waals surface area contributed by atoms with E-state index < -0.39 is 0 Å². The summed E-state index contributed by atoms with van der Waals surface area (Å²) < 4.78 is 0. The minimum absolute atomic E-state index is 0.751. The van der Waals surface area contributed by atoms with Gasteiger partial charge in [-0.05, 0) is 68.3 Å². The van der Waals surface area contributed by atoms with Crippen molar-refractivity contribution in [2.75, 3.05) is 26.2 Å². The molecule has 1 saturated carbocycles. The van der Waals surface area contributed by atoms with Gasteiger partial charge in [-0.3, -0.25) is 0 Å². The van der Waals surface area contributed by atoms with Crippen LogP contribution in [-0.2, 0) is 6.54 Å². The molecular weight excluding hydrogens is 244 g/mol. The van der Waals surface area contributed by atoms with Gasteiger partial charge in [0.2, 0.25) is 0 Å². The molecule has 20 heavy (non-hydrogen) atoms. The Morgan fingerprint density at radius 2 is 1.95 bits per heavy atom. The van der Waals surface area contributed by atoms with Crippen molar-refractivity contribution in [3.05, 3.63) is 35.4 Å². The summed E-state index contributed by atoms with van der Waals surface area (Å²) in [4.78, 5) is 2.62. The summed E-state index contributed by atoms with van der Waals surface area (Å²) in [7, 11) is 0. The molecule has 0 bridgehead atoms. The van der Waals surface area contributed by atoms with Gasteiger partial charge in [-0.1, -0.05) is 31.2 Å². The van der Waals surface area contributed by atoms with E-state index in [0.717, 1.165) is 24.9 Å². The first-order valence-corrected chi connectivity index (χ1v) is 8.34. The highest BCUT2D eigenvalue weighted by Gasteiger charge is 2.25. The largest absolute Gasteiger partial charge is 0.312 e. The maximum atomic E-state index is 3.67. The summed E-state index contributed by atoms with van der Waals surface area (Å²) in [6.07, 6.45) is 5.58. The number of nitrogens with one attached hydrogen (secondary N) is 1. The third-order valence-corrected chi connectivity index (χ3v) is 4.65. The van der Waals surface area contributed by atoms with Crippen molar-refractivity contribution in [3.8, 4) is 0 Å². The average Bonchev–Trinajstić information content (AvgIpc) is 3.18. The lowest BCUT2D eigenvalue weighted by Gasteiger charge is -2.20. The van der Waals surface area contributed by atoms with Crippen molar-refractivity contribution in [1.29, 1.82) is 0 Å². The molecule has 3 rings (SSSR count). The number of hydrogen-bond acceptors (Lipinski definition) is 2. The highest BCUT2D eigenvalue weighted by Crippen LogP contribution is 2.41. The fourth-order valence-electron chi connectivity index (χ4n) is 3.41. The monoisotopic (exact) mass is 272 g/mol. The normalized spacial score (nSPS) is 21.2. The summed E-state index contributed by atoms with van der Waals surface area (Å²) in [6, 6.07) is 8.98. The van der Waals surface area contributed by atoms with Crippen molar-refractivity contribution >= 4 is 0 Å². The van der Waals surface area contributed by atoms with Gasteiger partial charge in [-0.15, -0.1) is 0 Å². The standard InChI is InChI=1S/C18H28N2/c1-15(14-20-10-4-5-11-20)12-19-13-17-6-2-3-7-18(17)16-8-9-16/h2-3,6-7,15-16,19H,4-5,8-14H2,1H3. The van der Waals surface area contributed by atoms with Gasteiger partial charge in [0.25, 0.3) is 0 Å².